The number of nitrogens with zero attached hydrogens (tertiary/aromatic N) is 1. The van der Waals surface area contributed by atoms with Gasteiger partial charge in [0.05, 0.1) is 18.8 Å². The van der Waals surface area contributed by atoms with Gasteiger partial charge < -0.3 is 15.2 Å². The molecule has 12 heteroatoms. The minimum absolute atomic E-state index is 0.0593. The Bertz CT molecular complexity index is 822. The van der Waals surface area contributed by atoms with E-state index in [0.717, 1.165) is 22.5 Å². The van der Waals surface area contributed by atoms with Crippen molar-refractivity contribution < 1.29 is 36.7 Å². The maximum absolute atomic E-state index is 14.0. The topological polar surface area (TPSA) is 145 Å². The third kappa shape index (κ3) is 4.74. The Morgan fingerprint density at radius 3 is 2.54 bits per heavy atom. The smallest absolute Gasteiger partial charge is 0.338 e. The zero-order chi connectivity index (χ0) is 19.3. The summed E-state index contributed by atoms with van der Waals surface area (Å²) < 4.78 is 49.8. The van der Waals surface area contributed by atoms with Crippen LogP contribution in [0.15, 0.2) is 23.1 Å². The molecule has 0 radical (unpaired) electrons. The number of nitrogens with two attached hydrogens (primary N) is 1. The van der Waals surface area contributed by atoms with Gasteiger partial charge >= 0.3 is 12.0 Å². The highest BCUT2D eigenvalue weighted by molar-refractivity contribution is 7.89. The standard InChI is InChI=1S/C14H16FN3O7S/c15-10-2-1-9(13(20)25-8-12(19)17-14(16)21)7-11(10)26(22,23)18-3-5-24-6-4-18/h1-2,7H,3-6,8H2,(H3,16,17,19,21). The van der Waals surface area contributed by atoms with Crippen molar-refractivity contribution in [3.8, 4) is 0 Å². The van der Waals surface area contributed by atoms with Crippen LogP contribution < -0.4 is 11.1 Å². The number of amides is 3. The number of esters is 1. The molecule has 1 saturated heterocycles. The van der Waals surface area contributed by atoms with E-state index in [1.54, 1.807) is 5.32 Å². The van der Waals surface area contributed by atoms with Crippen LogP contribution in [0.1, 0.15) is 10.4 Å². The molecule has 1 fully saturated rings. The van der Waals surface area contributed by atoms with E-state index in [1.165, 1.54) is 0 Å². The van der Waals surface area contributed by atoms with Gasteiger partial charge in [0, 0.05) is 13.1 Å². The second-order valence-electron chi connectivity index (χ2n) is 5.15. The molecule has 3 amide bonds. The number of urea groups is 1. The first-order valence-corrected chi connectivity index (χ1v) is 8.79. The summed E-state index contributed by atoms with van der Waals surface area (Å²) in [7, 11) is -4.17. The van der Waals surface area contributed by atoms with Crippen molar-refractivity contribution in [3.05, 3.63) is 29.6 Å². The molecule has 1 heterocycles. The lowest BCUT2D eigenvalue weighted by Crippen LogP contribution is -2.41. The van der Waals surface area contributed by atoms with Crippen LogP contribution in [0, 0.1) is 5.82 Å². The van der Waals surface area contributed by atoms with E-state index < -0.39 is 45.3 Å². The average Bonchev–Trinajstić information content (AvgIpc) is 2.60. The third-order valence-corrected chi connectivity index (χ3v) is 5.27. The number of benzene rings is 1. The van der Waals surface area contributed by atoms with Crippen LogP contribution in [0.3, 0.4) is 0 Å². The summed E-state index contributed by atoms with van der Waals surface area (Å²) in [5, 5.41) is 1.69. The van der Waals surface area contributed by atoms with E-state index in [1.807, 2.05) is 0 Å². The Balaban J connectivity index is 2.17. The Kier molecular flexibility index (Phi) is 6.23. The number of sulfonamides is 1. The van der Waals surface area contributed by atoms with Crippen molar-refractivity contribution in [2.24, 2.45) is 5.73 Å². The van der Waals surface area contributed by atoms with Crippen LogP contribution >= 0.6 is 0 Å². The molecule has 1 aliphatic heterocycles. The second kappa shape index (κ2) is 8.21. The highest BCUT2D eigenvalue weighted by Crippen LogP contribution is 2.22. The number of primary amides is 1. The Hall–Kier alpha value is -2.57. The van der Waals surface area contributed by atoms with E-state index in [2.05, 4.69) is 4.74 Å². The molecular weight excluding hydrogens is 373 g/mol. The van der Waals surface area contributed by atoms with Gasteiger partial charge in [0.15, 0.2) is 6.61 Å². The number of hydrogen-bond acceptors (Lipinski definition) is 7. The Morgan fingerprint density at radius 1 is 1.27 bits per heavy atom. The summed E-state index contributed by atoms with van der Waals surface area (Å²) in [5.74, 6) is -3.06. The molecule has 0 bridgehead atoms. The van der Waals surface area contributed by atoms with Gasteiger partial charge in [-0.2, -0.15) is 4.31 Å². The summed E-state index contributed by atoms with van der Waals surface area (Å²) in [4.78, 5) is 33.0. The largest absolute Gasteiger partial charge is 0.452 e. The molecule has 1 aromatic rings. The number of morpholine rings is 1. The third-order valence-electron chi connectivity index (χ3n) is 3.35. The van der Waals surface area contributed by atoms with Gasteiger partial charge in [0.1, 0.15) is 10.7 Å². The molecule has 0 aliphatic carbocycles. The molecule has 0 saturated carbocycles. The Labute approximate surface area is 148 Å². The first kappa shape index (κ1) is 19.8. The minimum Gasteiger partial charge on any atom is -0.452 e. The number of halogens is 1. The molecule has 1 aromatic carbocycles. The molecular formula is C14H16FN3O7S. The van der Waals surface area contributed by atoms with Gasteiger partial charge in [0.25, 0.3) is 5.91 Å². The SMILES string of the molecule is NC(=O)NC(=O)COC(=O)c1ccc(F)c(S(=O)(=O)N2CCOCC2)c1. The number of carbonyl (C=O) groups is 3. The fourth-order valence-corrected chi connectivity index (χ4v) is 3.64. The van der Waals surface area contributed by atoms with Crippen LogP contribution in [0.25, 0.3) is 0 Å². The summed E-state index contributed by atoms with van der Waals surface area (Å²) in [6.45, 7) is -0.340. The van der Waals surface area contributed by atoms with Crippen LogP contribution in [0.5, 0.6) is 0 Å². The van der Waals surface area contributed by atoms with Gasteiger partial charge in [-0.3, -0.25) is 10.1 Å². The number of hydrogen-bond donors (Lipinski definition) is 2. The lowest BCUT2D eigenvalue weighted by Gasteiger charge is -2.26. The molecule has 0 aromatic heterocycles. The van der Waals surface area contributed by atoms with Gasteiger partial charge in [-0.25, -0.2) is 22.4 Å². The number of rotatable bonds is 5. The summed E-state index contributed by atoms with van der Waals surface area (Å²) in [5.41, 5.74) is 4.46. The maximum atomic E-state index is 14.0. The second-order valence-corrected chi connectivity index (χ2v) is 7.06. The normalized spacial score (nSPS) is 15.3. The maximum Gasteiger partial charge on any atom is 0.338 e. The van der Waals surface area contributed by atoms with Crippen molar-refractivity contribution in [1.82, 2.24) is 9.62 Å². The highest BCUT2D eigenvalue weighted by atomic mass is 32.2. The highest BCUT2D eigenvalue weighted by Gasteiger charge is 2.30. The fraction of sp³-hybridized carbons (Fsp3) is 0.357. The quantitative estimate of drug-likeness (QED) is 0.627. The first-order chi connectivity index (χ1) is 12.2. The predicted molar refractivity (Wildman–Crippen MR) is 84.0 cm³/mol. The lowest BCUT2D eigenvalue weighted by molar-refractivity contribution is -0.123. The van der Waals surface area contributed by atoms with E-state index >= 15 is 0 Å². The predicted octanol–water partition coefficient (Wildman–Crippen LogP) is -0.802. The molecule has 0 unspecified atom stereocenters. The van der Waals surface area contributed by atoms with Crippen LogP contribution in [0.2, 0.25) is 0 Å². The van der Waals surface area contributed by atoms with E-state index in [-0.39, 0.29) is 31.9 Å². The van der Waals surface area contributed by atoms with Gasteiger partial charge in [0.2, 0.25) is 10.0 Å². The number of nitrogens with one attached hydrogen (secondary N) is 1. The minimum atomic E-state index is -4.17. The molecule has 26 heavy (non-hydrogen) atoms. The van der Waals surface area contributed by atoms with E-state index in [4.69, 9.17) is 10.5 Å². The van der Waals surface area contributed by atoms with Gasteiger partial charge in [-0.1, -0.05) is 0 Å². The lowest BCUT2D eigenvalue weighted by atomic mass is 10.2. The van der Waals surface area contributed by atoms with Crippen LogP contribution in [-0.2, 0) is 24.3 Å². The van der Waals surface area contributed by atoms with Crippen molar-refractivity contribution in [2.75, 3.05) is 32.9 Å². The number of imide groups is 1. The zero-order valence-electron chi connectivity index (χ0n) is 13.4. The monoisotopic (exact) mass is 389 g/mol. The van der Waals surface area contributed by atoms with Crippen LogP contribution in [-0.4, -0.2) is 63.5 Å². The van der Waals surface area contributed by atoms with E-state index in [0.29, 0.717) is 0 Å². The van der Waals surface area contributed by atoms with Gasteiger partial charge in [-0.05, 0) is 18.2 Å². The average molecular weight is 389 g/mol. The zero-order valence-corrected chi connectivity index (χ0v) is 14.3. The van der Waals surface area contributed by atoms with Crippen molar-refractivity contribution in [2.45, 2.75) is 4.90 Å². The molecule has 0 atom stereocenters. The van der Waals surface area contributed by atoms with Crippen molar-refractivity contribution in [1.29, 1.82) is 0 Å². The molecule has 1 aliphatic rings. The first-order valence-electron chi connectivity index (χ1n) is 7.35. The summed E-state index contributed by atoms with van der Waals surface area (Å²) >= 11 is 0. The number of carbonyl (C=O) groups excluding carboxylic acids is 3. The Morgan fingerprint density at radius 2 is 1.92 bits per heavy atom. The molecule has 10 nitrogen and oxygen atoms in total. The van der Waals surface area contributed by atoms with Crippen LogP contribution in [0.4, 0.5) is 9.18 Å². The van der Waals surface area contributed by atoms with Crippen molar-refractivity contribution >= 4 is 27.9 Å². The summed E-state index contributed by atoms with van der Waals surface area (Å²) in [6, 6.07) is 1.54. The molecule has 3 N–H and O–H groups in total. The van der Waals surface area contributed by atoms with Gasteiger partial charge in [-0.15, -0.1) is 0 Å². The summed E-state index contributed by atoms with van der Waals surface area (Å²) in [6.07, 6.45) is 0. The molecule has 0 spiro atoms. The fourth-order valence-electron chi connectivity index (χ4n) is 2.14. The number of ether oxygens (including phenoxy) is 2. The molecule has 2 rings (SSSR count). The molecule has 142 valence electrons. The van der Waals surface area contributed by atoms with E-state index in [9.17, 15) is 27.2 Å². The van der Waals surface area contributed by atoms with Crippen molar-refractivity contribution in [3.63, 3.8) is 0 Å².